The molecule has 2 amide bonds. The fraction of sp³-hybridized carbons (Fsp3) is 0.800. The number of nitrogens with one attached hydrogen (secondary N) is 1. The molecule has 0 spiro atoms. The standard InChI is InChI=1S/C10H19N3O2/c1-3-10(15)13-6-4-12(5-7-13)8-9(14)11-2/h3-8H2,1-2H3,(H,11,14). The second kappa shape index (κ2) is 5.70. The van der Waals surface area contributed by atoms with Gasteiger partial charge in [-0.15, -0.1) is 0 Å². The van der Waals surface area contributed by atoms with Gasteiger partial charge in [0.1, 0.15) is 0 Å². The average molecular weight is 213 g/mol. The third kappa shape index (κ3) is 3.51. The van der Waals surface area contributed by atoms with Crippen molar-refractivity contribution in [2.45, 2.75) is 13.3 Å². The lowest BCUT2D eigenvalue weighted by molar-refractivity contribution is -0.132. The maximum Gasteiger partial charge on any atom is 0.233 e. The summed E-state index contributed by atoms with van der Waals surface area (Å²) >= 11 is 0. The van der Waals surface area contributed by atoms with E-state index in [4.69, 9.17) is 0 Å². The molecule has 0 unspecified atom stereocenters. The highest BCUT2D eigenvalue weighted by molar-refractivity contribution is 5.78. The number of piperazine rings is 1. The fourth-order valence-electron chi connectivity index (χ4n) is 1.66. The van der Waals surface area contributed by atoms with Crippen molar-refractivity contribution < 1.29 is 9.59 Å². The summed E-state index contributed by atoms with van der Waals surface area (Å²) < 4.78 is 0. The van der Waals surface area contributed by atoms with E-state index in [1.165, 1.54) is 0 Å². The van der Waals surface area contributed by atoms with E-state index in [1.54, 1.807) is 7.05 Å². The molecule has 1 heterocycles. The topological polar surface area (TPSA) is 52.7 Å². The van der Waals surface area contributed by atoms with Gasteiger partial charge in [-0.25, -0.2) is 0 Å². The number of nitrogens with zero attached hydrogens (tertiary/aromatic N) is 2. The van der Waals surface area contributed by atoms with Gasteiger partial charge in [0.25, 0.3) is 0 Å². The fourth-order valence-corrected chi connectivity index (χ4v) is 1.66. The molecule has 86 valence electrons. The SMILES string of the molecule is CCC(=O)N1CCN(CC(=O)NC)CC1. The van der Waals surface area contributed by atoms with E-state index in [0.717, 1.165) is 26.2 Å². The first-order valence-electron chi connectivity index (χ1n) is 5.38. The van der Waals surface area contributed by atoms with Crippen molar-refractivity contribution in [3.63, 3.8) is 0 Å². The molecular formula is C10H19N3O2. The van der Waals surface area contributed by atoms with Crippen LogP contribution >= 0.6 is 0 Å². The Bertz CT molecular complexity index is 235. The van der Waals surface area contributed by atoms with Crippen LogP contribution in [0.15, 0.2) is 0 Å². The highest BCUT2D eigenvalue weighted by Gasteiger charge is 2.20. The van der Waals surface area contributed by atoms with Gasteiger partial charge in [0.2, 0.25) is 11.8 Å². The van der Waals surface area contributed by atoms with Crippen molar-refractivity contribution in [1.82, 2.24) is 15.1 Å². The van der Waals surface area contributed by atoms with Gasteiger partial charge in [-0.3, -0.25) is 14.5 Å². The quantitative estimate of drug-likeness (QED) is 0.673. The minimum absolute atomic E-state index is 0.0327. The van der Waals surface area contributed by atoms with Gasteiger partial charge < -0.3 is 10.2 Å². The Morgan fingerprint density at radius 1 is 1.20 bits per heavy atom. The van der Waals surface area contributed by atoms with Crippen LogP contribution < -0.4 is 5.32 Å². The second-order valence-electron chi connectivity index (χ2n) is 3.68. The van der Waals surface area contributed by atoms with Crippen LogP contribution in [0.1, 0.15) is 13.3 Å². The zero-order valence-corrected chi connectivity index (χ0v) is 9.45. The number of likely N-dealkylation sites (N-methyl/N-ethyl adjacent to an activating group) is 1. The van der Waals surface area contributed by atoms with Crippen LogP contribution in [0.5, 0.6) is 0 Å². The van der Waals surface area contributed by atoms with Crippen LogP contribution in [-0.2, 0) is 9.59 Å². The molecule has 0 bridgehead atoms. The smallest absolute Gasteiger partial charge is 0.233 e. The molecule has 15 heavy (non-hydrogen) atoms. The number of amides is 2. The zero-order chi connectivity index (χ0) is 11.3. The summed E-state index contributed by atoms with van der Waals surface area (Å²) in [4.78, 5) is 26.4. The van der Waals surface area contributed by atoms with E-state index in [0.29, 0.717) is 13.0 Å². The Hall–Kier alpha value is -1.10. The molecule has 5 heteroatoms. The summed E-state index contributed by atoms with van der Waals surface area (Å²) in [5, 5.41) is 2.60. The zero-order valence-electron chi connectivity index (χ0n) is 9.45. The molecule has 0 aliphatic carbocycles. The Balaban J connectivity index is 2.29. The molecule has 1 rings (SSSR count). The first-order chi connectivity index (χ1) is 7.17. The minimum Gasteiger partial charge on any atom is -0.358 e. The lowest BCUT2D eigenvalue weighted by Crippen LogP contribution is -2.50. The highest BCUT2D eigenvalue weighted by Crippen LogP contribution is 2.02. The molecule has 1 N–H and O–H groups in total. The van der Waals surface area contributed by atoms with Crippen LogP contribution in [0.2, 0.25) is 0 Å². The summed E-state index contributed by atoms with van der Waals surface area (Å²) in [7, 11) is 1.64. The van der Waals surface area contributed by atoms with Gasteiger partial charge in [0.05, 0.1) is 6.54 Å². The Kier molecular flexibility index (Phi) is 4.55. The van der Waals surface area contributed by atoms with E-state index in [-0.39, 0.29) is 11.8 Å². The molecule has 1 aliphatic heterocycles. The number of hydrogen-bond donors (Lipinski definition) is 1. The van der Waals surface area contributed by atoms with E-state index < -0.39 is 0 Å². The second-order valence-corrected chi connectivity index (χ2v) is 3.68. The lowest BCUT2D eigenvalue weighted by atomic mass is 10.3. The van der Waals surface area contributed by atoms with Gasteiger partial charge in [0, 0.05) is 39.6 Å². The summed E-state index contributed by atoms with van der Waals surface area (Å²) in [5.41, 5.74) is 0. The average Bonchev–Trinajstić information content (AvgIpc) is 2.29. The molecule has 5 nitrogen and oxygen atoms in total. The van der Waals surface area contributed by atoms with Crippen molar-refractivity contribution in [3.8, 4) is 0 Å². The molecule has 0 radical (unpaired) electrons. The van der Waals surface area contributed by atoms with Crippen molar-refractivity contribution in [2.75, 3.05) is 39.8 Å². The Labute approximate surface area is 90.4 Å². The lowest BCUT2D eigenvalue weighted by Gasteiger charge is -2.34. The first-order valence-corrected chi connectivity index (χ1v) is 5.38. The molecular weight excluding hydrogens is 194 g/mol. The van der Waals surface area contributed by atoms with E-state index >= 15 is 0 Å². The first kappa shape index (κ1) is 12.0. The van der Waals surface area contributed by atoms with Crippen molar-refractivity contribution in [1.29, 1.82) is 0 Å². The van der Waals surface area contributed by atoms with Crippen LogP contribution in [0.25, 0.3) is 0 Å². The number of hydrogen-bond acceptors (Lipinski definition) is 3. The van der Waals surface area contributed by atoms with Crippen LogP contribution in [0.3, 0.4) is 0 Å². The highest BCUT2D eigenvalue weighted by atomic mass is 16.2. The van der Waals surface area contributed by atoms with Crippen LogP contribution in [0.4, 0.5) is 0 Å². The van der Waals surface area contributed by atoms with Crippen molar-refractivity contribution >= 4 is 11.8 Å². The largest absolute Gasteiger partial charge is 0.358 e. The Morgan fingerprint density at radius 2 is 1.80 bits per heavy atom. The Morgan fingerprint density at radius 3 is 2.27 bits per heavy atom. The predicted molar refractivity (Wildman–Crippen MR) is 57.4 cm³/mol. The molecule has 0 atom stereocenters. The summed E-state index contributed by atoms with van der Waals surface area (Å²) in [5.74, 6) is 0.236. The molecule has 0 aromatic heterocycles. The van der Waals surface area contributed by atoms with E-state index in [2.05, 4.69) is 10.2 Å². The van der Waals surface area contributed by atoms with Gasteiger partial charge in [-0.05, 0) is 0 Å². The van der Waals surface area contributed by atoms with Crippen LogP contribution in [-0.4, -0.2) is 61.4 Å². The van der Waals surface area contributed by atoms with Gasteiger partial charge >= 0.3 is 0 Å². The summed E-state index contributed by atoms with van der Waals surface area (Å²) in [6, 6.07) is 0. The maximum atomic E-state index is 11.4. The summed E-state index contributed by atoms with van der Waals surface area (Å²) in [6.07, 6.45) is 0.565. The van der Waals surface area contributed by atoms with Gasteiger partial charge in [0.15, 0.2) is 0 Å². The molecule has 0 aromatic carbocycles. The summed E-state index contributed by atoms with van der Waals surface area (Å²) in [6.45, 7) is 5.37. The van der Waals surface area contributed by atoms with Crippen molar-refractivity contribution in [3.05, 3.63) is 0 Å². The maximum absolute atomic E-state index is 11.4. The molecule has 1 fully saturated rings. The molecule has 0 saturated carbocycles. The van der Waals surface area contributed by atoms with E-state index in [9.17, 15) is 9.59 Å². The third-order valence-electron chi connectivity index (χ3n) is 2.67. The molecule has 0 aromatic rings. The monoisotopic (exact) mass is 213 g/mol. The number of rotatable bonds is 3. The normalized spacial score (nSPS) is 17.6. The number of carbonyl (C=O) groups is 2. The van der Waals surface area contributed by atoms with E-state index in [1.807, 2.05) is 11.8 Å². The van der Waals surface area contributed by atoms with Gasteiger partial charge in [-0.1, -0.05) is 6.92 Å². The minimum atomic E-state index is 0.0327. The molecule has 1 saturated heterocycles. The van der Waals surface area contributed by atoms with Gasteiger partial charge in [-0.2, -0.15) is 0 Å². The van der Waals surface area contributed by atoms with Crippen LogP contribution in [0, 0.1) is 0 Å². The third-order valence-corrected chi connectivity index (χ3v) is 2.67. The molecule has 1 aliphatic rings. The number of carbonyl (C=O) groups excluding carboxylic acids is 2. The predicted octanol–water partition coefficient (Wildman–Crippen LogP) is -0.713. The van der Waals surface area contributed by atoms with Crippen molar-refractivity contribution in [2.24, 2.45) is 0 Å².